The highest BCUT2D eigenvalue weighted by molar-refractivity contribution is 8.19. The quantitative estimate of drug-likeness (QED) is 0.370. The van der Waals surface area contributed by atoms with Crippen molar-refractivity contribution in [3.8, 4) is 11.5 Å². The van der Waals surface area contributed by atoms with Crippen LogP contribution < -0.4 is 14.4 Å². The Balaban J connectivity index is 1.60. The molecule has 162 valence electrons. The number of carbonyl (C=O) groups excluding carboxylic acids is 2. The van der Waals surface area contributed by atoms with E-state index in [1.165, 1.54) is 4.90 Å². The zero-order valence-corrected chi connectivity index (χ0v) is 18.9. The summed E-state index contributed by atoms with van der Waals surface area (Å²) in [6, 6.07) is 22.0. The lowest BCUT2D eigenvalue weighted by Crippen LogP contribution is -2.27. The first kappa shape index (κ1) is 22.0. The second-order valence-electron chi connectivity index (χ2n) is 6.89. The monoisotopic (exact) mass is 465 g/mol. The first-order valence-corrected chi connectivity index (χ1v) is 11.2. The number of ether oxygens (including phenoxy) is 2. The highest BCUT2D eigenvalue weighted by Gasteiger charge is 2.36. The van der Waals surface area contributed by atoms with Gasteiger partial charge >= 0.3 is 0 Å². The van der Waals surface area contributed by atoms with Gasteiger partial charge in [0, 0.05) is 0 Å². The molecule has 7 heteroatoms. The standard InChI is InChI=1S/C25H20ClNO4S/c1-2-30-21-14-18(13-20(26)23(21)31-16-17-9-5-3-6-10-17)15-22-24(28)27(25(29)32-22)19-11-7-4-8-12-19/h3-15H,2,16H2,1H3/b22-15-. The van der Waals surface area contributed by atoms with Crippen LogP contribution in [0, 0.1) is 0 Å². The van der Waals surface area contributed by atoms with Crippen LogP contribution in [0.2, 0.25) is 5.02 Å². The summed E-state index contributed by atoms with van der Waals surface area (Å²) in [7, 11) is 0. The van der Waals surface area contributed by atoms with Crippen LogP contribution in [0.1, 0.15) is 18.1 Å². The van der Waals surface area contributed by atoms with E-state index in [1.807, 2.05) is 43.3 Å². The molecule has 0 N–H and O–H groups in total. The van der Waals surface area contributed by atoms with Crippen LogP contribution in [0.25, 0.3) is 6.08 Å². The van der Waals surface area contributed by atoms with E-state index in [9.17, 15) is 9.59 Å². The molecule has 1 fully saturated rings. The first-order chi connectivity index (χ1) is 15.6. The predicted octanol–water partition coefficient (Wildman–Crippen LogP) is 6.56. The number of carbonyl (C=O) groups is 2. The molecule has 1 aliphatic rings. The largest absolute Gasteiger partial charge is 0.490 e. The molecule has 0 aliphatic carbocycles. The average molecular weight is 466 g/mol. The number of para-hydroxylation sites is 1. The number of amides is 2. The van der Waals surface area contributed by atoms with E-state index in [1.54, 1.807) is 42.5 Å². The van der Waals surface area contributed by atoms with Crippen LogP contribution in [0.15, 0.2) is 77.7 Å². The smallest absolute Gasteiger partial charge is 0.298 e. The van der Waals surface area contributed by atoms with Crippen molar-refractivity contribution in [2.75, 3.05) is 11.5 Å². The molecule has 0 radical (unpaired) electrons. The minimum atomic E-state index is -0.371. The fourth-order valence-corrected chi connectivity index (χ4v) is 4.34. The molecular weight excluding hydrogens is 446 g/mol. The van der Waals surface area contributed by atoms with Gasteiger partial charge in [0.05, 0.1) is 22.2 Å². The molecule has 1 heterocycles. The van der Waals surface area contributed by atoms with E-state index in [0.29, 0.717) is 45.9 Å². The molecule has 1 saturated heterocycles. The molecule has 0 spiro atoms. The van der Waals surface area contributed by atoms with Crippen molar-refractivity contribution in [1.29, 1.82) is 0 Å². The topological polar surface area (TPSA) is 55.8 Å². The number of thioether (sulfide) groups is 1. The van der Waals surface area contributed by atoms with Gasteiger partial charge in [0.2, 0.25) is 0 Å². The van der Waals surface area contributed by atoms with Crippen molar-refractivity contribution in [3.63, 3.8) is 0 Å². The van der Waals surface area contributed by atoms with Gasteiger partial charge in [0.25, 0.3) is 11.1 Å². The summed E-state index contributed by atoms with van der Waals surface area (Å²) in [6.45, 7) is 2.63. The maximum Gasteiger partial charge on any atom is 0.298 e. The fraction of sp³-hybridized carbons (Fsp3) is 0.120. The molecule has 0 atom stereocenters. The summed E-state index contributed by atoms with van der Waals surface area (Å²) in [5.74, 6) is 0.543. The Morgan fingerprint density at radius 1 is 0.969 bits per heavy atom. The van der Waals surface area contributed by atoms with E-state index in [2.05, 4.69) is 0 Å². The molecule has 3 aromatic rings. The highest BCUT2D eigenvalue weighted by Crippen LogP contribution is 2.40. The maximum atomic E-state index is 12.9. The Labute approximate surface area is 195 Å². The molecule has 3 aromatic carbocycles. The molecular formula is C25H20ClNO4S. The van der Waals surface area contributed by atoms with E-state index in [0.717, 1.165) is 17.3 Å². The minimum absolute atomic E-state index is 0.315. The lowest BCUT2D eigenvalue weighted by molar-refractivity contribution is -0.113. The molecule has 0 bridgehead atoms. The number of halogens is 1. The van der Waals surface area contributed by atoms with E-state index in [4.69, 9.17) is 21.1 Å². The van der Waals surface area contributed by atoms with E-state index in [-0.39, 0.29) is 11.1 Å². The Morgan fingerprint density at radius 2 is 1.66 bits per heavy atom. The molecule has 2 amide bonds. The number of hydrogen-bond donors (Lipinski definition) is 0. The first-order valence-electron chi connectivity index (χ1n) is 10.0. The van der Waals surface area contributed by atoms with Gasteiger partial charge in [-0.1, -0.05) is 60.1 Å². The summed E-state index contributed by atoms with van der Waals surface area (Å²) in [5, 5.41) is 0.0202. The van der Waals surface area contributed by atoms with Gasteiger partial charge in [-0.3, -0.25) is 9.59 Å². The summed E-state index contributed by atoms with van der Waals surface area (Å²) < 4.78 is 11.7. The molecule has 0 unspecified atom stereocenters. The second kappa shape index (κ2) is 9.94. The van der Waals surface area contributed by atoms with Crippen LogP contribution in [0.3, 0.4) is 0 Å². The van der Waals surface area contributed by atoms with Crippen molar-refractivity contribution in [2.24, 2.45) is 0 Å². The van der Waals surface area contributed by atoms with Crippen LogP contribution in [0.5, 0.6) is 11.5 Å². The number of rotatable bonds is 7. The average Bonchev–Trinajstić information content (AvgIpc) is 3.07. The van der Waals surface area contributed by atoms with Crippen LogP contribution in [-0.2, 0) is 11.4 Å². The van der Waals surface area contributed by atoms with E-state index < -0.39 is 0 Å². The zero-order chi connectivity index (χ0) is 22.5. The third-order valence-corrected chi connectivity index (χ3v) is 5.81. The van der Waals surface area contributed by atoms with Crippen LogP contribution in [-0.4, -0.2) is 17.8 Å². The Morgan fingerprint density at radius 3 is 2.34 bits per heavy atom. The predicted molar refractivity (Wildman–Crippen MR) is 128 cm³/mol. The molecule has 5 nitrogen and oxygen atoms in total. The Kier molecular flexibility index (Phi) is 6.83. The number of benzene rings is 3. The third-order valence-electron chi connectivity index (χ3n) is 4.66. The van der Waals surface area contributed by atoms with Crippen molar-refractivity contribution in [1.82, 2.24) is 0 Å². The van der Waals surface area contributed by atoms with Crippen molar-refractivity contribution < 1.29 is 19.1 Å². The number of anilines is 1. The van der Waals surface area contributed by atoms with Crippen molar-refractivity contribution >= 4 is 46.3 Å². The molecule has 0 aromatic heterocycles. The lowest BCUT2D eigenvalue weighted by atomic mass is 10.1. The zero-order valence-electron chi connectivity index (χ0n) is 17.3. The van der Waals surface area contributed by atoms with Crippen LogP contribution >= 0.6 is 23.4 Å². The third kappa shape index (κ3) is 4.82. The van der Waals surface area contributed by atoms with Gasteiger partial charge in [0.15, 0.2) is 11.5 Å². The second-order valence-corrected chi connectivity index (χ2v) is 8.29. The van der Waals surface area contributed by atoms with Gasteiger partial charge < -0.3 is 9.47 Å². The van der Waals surface area contributed by atoms with E-state index >= 15 is 0 Å². The van der Waals surface area contributed by atoms with Gasteiger partial charge in [-0.15, -0.1) is 0 Å². The number of hydrogen-bond acceptors (Lipinski definition) is 5. The molecule has 1 aliphatic heterocycles. The van der Waals surface area contributed by atoms with Gasteiger partial charge in [-0.2, -0.15) is 0 Å². The van der Waals surface area contributed by atoms with Gasteiger partial charge in [-0.05, 0) is 60.2 Å². The number of imide groups is 1. The summed E-state index contributed by atoms with van der Waals surface area (Å²) >= 11 is 7.40. The summed E-state index contributed by atoms with van der Waals surface area (Å²) in [4.78, 5) is 26.8. The van der Waals surface area contributed by atoms with Crippen molar-refractivity contribution in [2.45, 2.75) is 13.5 Å². The Hall–Kier alpha value is -3.22. The summed E-state index contributed by atoms with van der Waals surface area (Å²) in [5.41, 5.74) is 2.19. The Bertz CT molecular complexity index is 1170. The fourth-order valence-electron chi connectivity index (χ4n) is 3.22. The molecule has 4 rings (SSSR count). The van der Waals surface area contributed by atoms with Gasteiger partial charge in [0.1, 0.15) is 6.61 Å². The normalized spacial score (nSPS) is 14.8. The maximum absolute atomic E-state index is 12.9. The van der Waals surface area contributed by atoms with Crippen LogP contribution in [0.4, 0.5) is 10.5 Å². The minimum Gasteiger partial charge on any atom is -0.490 e. The van der Waals surface area contributed by atoms with Gasteiger partial charge in [-0.25, -0.2) is 4.90 Å². The molecule has 0 saturated carbocycles. The SMILES string of the molecule is CCOc1cc(/C=C2\SC(=O)N(c3ccccc3)C2=O)cc(Cl)c1OCc1ccccc1. The highest BCUT2D eigenvalue weighted by atomic mass is 35.5. The lowest BCUT2D eigenvalue weighted by Gasteiger charge is -2.15. The van der Waals surface area contributed by atoms with Crippen molar-refractivity contribution in [3.05, 3.63) is 93.9 Å². The summed E-state index contributed by atoms with van der Waals surface area (Å²) in [6.07, 6.45) is 1.64. The number of nitrogens with zero attached hydrogens (tertiary/aromatic N) is 1. The molecule has 32 heavy (non-hydrogen) atoms.